The molecule has 1 atom stereocenters. The molecule has 30 heavy (non-hydrogen) atoms. The van der Waals surface area contributed by atoms with Gasteiger partial charge in [-0.3, -0.25) is 4.79 Å². The highest BCUT2D eigenvalue weighted by atomic mass is 35.5. The van der Waals surface area contributed by atoms with Gasteiger partial charge in [0.15, 0.2) is 5.78 Å². The molecule has 0 fully saturated rings. The molecule has 0 unspecified atom stereocenters. The number of thioether (sulfide) groups is 1. The summed E-state index contributed by atoms with van der Waals surface area (Å²) in [5, 5.41) is 9.17. The maximum Gasteiger partial charge on any atom is 0.227 e. The van der Waals surface area contributed by atoms with Gasteiger partial charge in [0, 0.05) is 34.0 Å². The summed E-state index contributed by atoms with van der Waals surface area (Å²) in [6.07, 6.45) is 1.99. The Morgan fingerprint density at radius 2 is 1.97 bits per heavy atom. The summed E-state index contributed by atoms with van der Waals surface area (Å²) in [6, 6.07) is 13.6. The Labute approximate surface area is 182 Å². The van der Waals surface area contributed by atoms with Crippen LogP contribution in [0, 0.1) is 5.82 Å². The predicted molar refractivity (Wildman–Crippen MR) is 115 cm³/mol. The molecule has 2 heterocycles. The van der Waals surface area contributed by atoms with E-state index in [1.54, 1.807) is 22.9 Å². The number of carbonyl (C=O) groups excluding carboxylic acids is 1. The van der Waals surface area contributed by atoms with Crippen molar-refractivity contribution >= 4 is 35.1 Å². The third-order valence-electron chi connectivity index (χ3n) is 5.33. The smallest absolute Gasteiger partial charge is 0.227 e. The molecule has 0 saturated carbocycles. The Bertz CT molecular complexity index is 1160. The van der Waals surface area contributed by atoms with E-state index in [0.29, 0.717) is 39.4 Å². The fraction of sp³-hybridized carbons (Fsp3) is 0.227. The van der Waals surface area contributed by atoms with E-state index >= 15 is 0 Å². The Kier molecular flexibility index (Phi) is 5.08. The summed E-state index contributed by atoms with van der Waals surface area (Å²) in [5.74, 6) is 0.895. The third-order valence-corrected chi connectivity index (χ3v) is 6.49. The minimum atomic E-state index is -0.609. The molecular formula is C22H18ClFN4OS. The van der Waals surface area contributed by atoms with Crippen LogP contribution in [0.1, 0.15) is 36.4 Å². The predicted octanol–water partition coefficient (Wildman–Crippen LogP) is 5.38. The Hall–Kier alpha value is -2.64. The van der Waals surface area contributed by atoms with E-state index < -0.39 is 6.04 Å². The van der Waals surface area contributed by atoms with Crippen LogP contribution in [0.4, 0.5) is 10.3 Å². The van der Waals surface area contributed by atoms with Gasteiger partial charge in [-0.05, 0) is 36.6 Å². The molecule has 3 aromatic rings. The molecule has 5 nitrogen and oxygen atoms in total. The molecule has 1 aliphatic carbocycles. The van der Waals surface area contributed by atoms with E-state index in [9.17, 15) is 9.18 Å². The van der Waals surface area contributed by atoms with E-state index in [-0.39, 0.29) is 11.6 Å². The van der Waals surface area contributed by atoms with Gasteiger partial charge in [0.05, 0.1) is 0 Å². The van der Waals surface area contributed by atoms with Gasteiger partial charge in [0.2, 0.25) is 11.1 Å². The van der Waals surface area contributed by atoms with Crippen molar-refractivity contribution in [1.29, 1.82) is 0 Å². The molecule has 1 aliphatic heterocycles. The van der Waals surface area contributed by atoms with Crippen LogP contribution in [0.15, 0.2) is 65.0 Å². The topological polar surface area (TPSA) is 59.8 Å². The van der Waals surface area contributed by atoms with E-state index in [4.69, 9.17) is 11.6 Å². The number of anilines is 1. The molecule has 2 aromatic carbocycles. The van der Waals surface area contributed by atoms with Crippen LogP contribution in [0.3, 0.4) is 0 Å². The number of carbonyl (C=O) groups is 1. The maximum atomic E-state index is 14.7. The highest BCUT2D eigenvalue weighted by Crippen LogP contribution is 2.41. The molecule has 0 radical (unpaired) electrons. The fourth-order valence-corrected chi connectivity index (χ4v) is 4.82. The van der Waals surface area contributed by atoms with Crippen molar-refractivity contribution in [3.63, 3.8) is 0 Å². The largest absolute Gasteiger partial charge is 0.328 e. The number of nitrogens with zero attached hydrogens (tertiary/aromatic N) is 3. The van der Waals surface area contributed by atoms with Gasteiger partial charge in [-0.25, -0.2) is 9.07 Å². The van der Waals surface area contributed by atoms with Crippen LogP contribution in [0.5, 0.6) is 0 Å². The SMILES string of the molecule is O=C1CCCC2=C1[C@H](c1ccccc1F)n1nc(SCc3ccc(Cl)cc3)nc1N2. The van der Waals surface area contributed by atoms with Gasteiger partial charge >= 0.3 is 0 Å². The van der Waals surface area contributed by atoms with Crippen LogP contribution in [-0.4, -0.2) is 20.5 Å². The first-order valence-electron chi connectivity index (χ1n) is 9.71. The lowest BCUT2D eigenvalue weighted by molar-refractivity contribution is -0.116. The number of fused-ring (bicyclic) bond motifs is 1. The first-order valence-corrected chi connectivity index (χ1v) is 11.1. The first kappa shape index (κ1) is 19.3. The van der Waals surface area contributed by atoms with Crippen molar-refractivity contribution in [3.05, 3.63) is 81.8 Å². The molecule has 1 N–H and O–H groups in total. The van der Waals surface area contributed by atoms with Gasteiger partial charge in [-0.15, -0.1) is 5.10 Å². The molecule has 0 saturated heterocycles. The lowest BCUT2D eigenvalue weighted by Crippen LogP contribution is -2.32. The number of allylic oxidation sites excluding steroid dienone is 2. The third kappa shape index (κ3) is 3.52. The number of halogens is 2. The maximum absolute atomic E-state index is 14.7. The zero-order chi connectivity index (χ0) is 20.7. The second kappa shape index (κ2) is 7.89. The molecule has 5 rings (SSSR count). The molecule has 0 spiro atoms. The summed E-state index contributed by atoms with van der Waals surface area (Å²) in [6.45, 7) is 0. The number of hydrogen-bond acceptors (Lipinski definition) is 5. The lowest BCUT2D eigenvalue weighted by Gasteiger charge is -2.32. The Morgan fingerprint density at radius 3 is 2.77 bits per heavy atom. The summed E-state index contributed by atoms with van der Waals surface area (Å²) < 4.78 is 16.4. The second-order valence-corrected chi connectivity index (χ2v) is 8.67. The number of ketones is 1. The quantitative estimate of drug-likeness (QED) is 0.551. The first-order chi connectivity index (χ1) is 14.6. The number of aromatic nitrogens is 3. The summed E-state index contributed by atoms with van der Waals surface area (Å²) >= 11 is 7.44. The van der Waals surface area contributed by atoms with Crippen LogP contribution in [-0.2, 0) is 10.5 Å². The number of benzene rings is 2. The fourth-order valence-electron chi connectivity index (χ4n) is 3.91. The second-order valence-electron chi connectivity index (χ2n) is 7.30. The van der Waals surface area contributed by atoms with Crippen LogP contribution < -0.4 is 5.32 Å². The van der Waals surface area contributed by atoms with E-state index in [1.165, 1.54) is 17.8 Å². The zero-order valence-corrected chi connectivity index (χ0v) is 17.5. The minimum Gasteiger partial charge on any atom is -0.328 e. The highest BCUT2D eigenvalue weighted by Gasteiger charge is 2.37. The lowest BCUT2D eigenvalue weighted by atomic mass is 9.85. The molecule has 0 bridgehead atoms. The van der Waals surface area contributed by atoms with Gasteiger partial charge in [0.25, 0.3) is 0 Å². The average Bonchev–Trinajstić information content (AvgIpc) is 3.15. The van der Waals surface area contributed by atoms with Gasteiger partial charge < -0.3 is 5.32 Å². The normalized spacial score (nSPS) is 18.1. The molecule has 0 amide bonds. The van der Waals surface area contributed by atoms with E-state index in [2.05, 4.69) is 15.4 Å². The Morgan fingerprint density at radius 1 is 1.17 bits per heavy atom. The monoisotopic (exact) mass is 440 g/mol. The Balaban J connectivity index is 1.51. The van der Waals surface area contributed by atoms with E-state index in [0.717, 1.165) is 24.1 Å². The van der Waals surface area contributed by atoms with Crippen molar-refractivity contribution in [3.8, 4) is 0 Å². The van der Waals surface area contributed by atoms with Crippen molar-refractivity contribution in [2.75, 3.05) is 5.32 Å². The standard InChI is InChI=1S/C22H18ClFN4OS/c23-14-10-8-13(9-11-14)12-30-22-26-21-25-17-6-3-7-18(29)19(17)20(28(21)27-22)15-4-1-2-5-16(15)24/h1-2,4-5,8-11,20H,3,6-7,12H2,(H,25,26,27)/t20-/m0/s1. The average molecular weight is 441 g/mol. The van der Waals surface area contributed by atoms with Crippen molar-refractivity contribution in [1.82, 2.24) is 14.8 Å². The van der Waals surface area contributed by atoms with Gasteiger partial charge in [0.1, 0.15) is 11.9 Å². The number of nitrogens with one attached hydrogen (secondary N) is 1. The number of Topliss-reactive ketones (excluding diaryl/α,β-unsaturated/α-hetero) is 1. The van der Waals surface area contributed by atoms with Gasteiger partial charge in [-0.1, -0.05) is 53.7 Å². The summed E-state index contributed by atoms with van der Waals surface area (Å²) in [4.78, 5) is 17.4. The summed E-state index contributed by atoms with van der Waals surface area (Å²) in [7, 11) is 0. The zero-order valence-electron chi connectivity index (χ0n) is 15.9. The van der Waals surface area contributed by atoms with Crippen molar-refractivity contribution in [2.24, 2.45) is 0 Å². The molecular weight excluding hydrogens is 423 g/mol. The molecule has 2 aliphatic rings. The van der Waals surface area contributed by atoms with Crippen LogP contribution >= 0.6 is 23.4 Å². The molecule has 152 valence electrons. The minimum absolute atomic E-state index is 0.0357. The van der Waals surface area contributed by atoms with Crippen LogP contribution in [0.2, 0.25) is 5.02 Å². The number of rotatable bonds is 4. The van der Waals surface area contributed by atoms with Crippen molar-refractivity contribution in [2.45, 2.75) is 36.2 Å². The van der Waals surface area contributed by atoms with Crippen molar-refractivity contribution < 1.29 is 9.18 Å². The van der Waals surface area contributed by atoms with E-state index in [1.807, 2.05) is 24.3 Å². The number of hydrogen-bond donors (Lipinski definition) is 1. The highest BCUT2D eigenvalue weighted by molar-refractivity contribution is 7.98. The molecule has 1 aromatic heterocycles. The molecule has 8 heteroatoms. The summed E-state index contributed by atoms with van der Waals surface area (Å²) in [5.41, 5.74) is 2.96. The van der Waals surface area contributed by atoms with Gasteiger partial charge in [-0.2, -0.15) is 4.98 Å². The van der Waals surface area contributed by atoms with Crippen LogP contribution in [0.25, 0.3) is 0 Å².